The molecule has 1 aromatic carbocycles. The van der Waals surface area contributed by atoms with E-state index in [0.717, 1.165) is 16.8 Å². The molecule has 2 rings (SSSR count). The number of nitrogens with one attached hydrogen (secondary N) is 2. The number of benzene rings is 1. The molecule has 2 N–H and O–H groups in total. The molecule has 5 heteroatoms. The molecule has 0 unspecified atom stereocenters. The van der Waals surface area contributed by atoms with Gasteiger partial charge < -0.3 is 5.32 Å². The van der Waals surface area contributed by atoms with Crippen LogP contribution in [0.5, 0.6) is 0 Å². The Morgan fingerprint density at radius 2 is 1.79 bits per heavy atom. The second kappa shape index (κ2) is 7.34. The van der Waals surface area contributed by atoms with Crippen molar-refractivity contribution in [3.63, 3.8) is 0 Å². The molecular formula is C19H25N3O2. The van der Waals surface area contributed by atoms with E-state index < -0.39 is 5.69 Å². The maximum absolute atomic E-state index is 12.3. The zero-order valence-electron chi connectivity index (χ0n) is 14.9. The van der Waals surface area contributed by atoms with Gasteiger partial charge in [-0.1, -0.05) is 32.1 Å². The van der Waals surface area contributed by atoms with Gasteiger partial charge in [0.15, 0.2) is 0 Å². The maximum atomic E-state index is 12.3. The Balaban J connectivity index is 2.68. The SMILES string of the molecule is CC=CCn1c(Nc2cc(C)cc(C)c2)c(C(C)C)c(=O)[nH]c1=O. The van der Waals surface area contributed by atoms with E-state index in [2.05, 4.69) is 16.4 Å². The second-order valence-corrected chi connectivity index (χ2v) is 6.36. The summed E-state index contributed by atoms with van der Waals surface area (Å²) in [4.78, 5) is 27.0. The van der Waals surface area contributed by atoms with Gasteiger partial charge in [0.25, 0.3) is 5.56 Å². The smallest absolute Gasteiger partial charge is 0.330 e. The lowest BCUT2D eigenvalue weighted by Gasteiger charge is -2.19. The molecule has 0 aliphatic heterocycles. The molecule has 0 saturated heterocycles. The summed E-state index contributed by atoms with van der Waals surface area (Å²) in [6, 6.07) is 6.09. The zero-order valence-corrected chi connectivity index (χ0v) is 14.9. The fourth-order valence-electron chi connectivity index (χ4n) is 2.83. The Bertz CT molecular complexity index is 853. The van der Waals surface area contributed by atoms with Crippen molar-refractivity contribution in [1.29, 1.82) is 0 Å². The summed E-state index contributed by atoms with van der Waals surface area (Å²) in [7, 11) is 0. The highest BCUT2D eigenvalue weighted by Crippen LogP contribution is 2.24. The molecule has 0 saturated carbocycles. The van der Waals surface area contributed by atoms with Crippen LogP contribution in [0.3, 0.4) is 0 Å². The van der Waals surface area contributed by atoms with Crippen molar-refractivity contribution in [3.05, 3.63) is 67.9 Å². The number of aromatic amines is 1. The number of rotatable bonds is 5. The summed E-state index contributed by atoms with van der Waals surface area (Å²) in [5.74, 6) is 0.543. The van der Waals surface area contributed by atoms with Crippen molar-refractivity contribution >= 4 is 11.5 Å². The third-order valence-corrected chi connectivity index (χ3v) is 3.82. The van der Waals surface area contributed by atoms with Gasteiger partial charge in [0.1, 0.15) is 5.82 Å². The first-order chi connectivity index (χ1) is 11.3. The molecule has 0 spiro atoms. The van der Waals surface area contributed by atoms with E-state index in [0.29, 0.717) is 17.9 Å². The van der Waals surface area contributed by atoms with Crippen LogP contribution in [0.4, 0.5) is 11.5 Å². The molecule has 0 radical (unpaired) electrons. The molecular weight excluding hydrogens is 302 g/mol. The fraction of sp³-hybridized carbons (Fsp3) is 0.368. The predicted molar refractivity (Wildman–Crippen MR) is 99.4 cm³/mol. The van der Waals surface area contributed by atoms with Crippen LogP contribution in [0.1, 0.15) is 43.4 Å². The Kier molecular flexibility index (Phi) is 5.44. The van der Waals surface area contributed by atoms with Crippen LogP contribution in [-0.4, -0.2) is 9.55 Å². The molecule has 1 aromatic heterocycles. The number of aromatic nitrogens is 2. The highest BCUT2D eigenvalue weighted by Gasteiger charge is 2.17. The predicted octanol–water partition coefficient (Wildman–Crippen LogP) is 3.60. The quantitative estimate of drug-likeness (QED) is 0.825. The van der Waals surface area contributed by atoms with Crippen LogP contribution in [0.25, 0.3) is 0 Å². The minimum absolute atomic E-state index is 0.0142. The van der Waals surface area contributed by atoms with E-state index in [9.17, 15) is 9.59 Å². The molecule has 0 atom stereocenters. The summed E-state index contributed by atoms with van der Waals surface area (Å²) in [5, 5.41) is 3.30. The van der Waals surface area contributed by atoms with E-state index >= 15 is 0 Å². The normalized spacial score (nSPS) is 11.4. The van der Waals surface area contributed by atoms with Crippen molar-refractivity contribution in [3.8, 4) is 0 Å². The first kappa shape index (κ1) is 17.8. The minimum Gasteiger partial charge on any atom is -0.341 e. The monoisotopic (exact) mass is 327 g/mol. The Morgan fingerprint density at radius 1 is 1.17 bits per heavy atom. The van der Waals surface area contributed by atoms with E-state index in [1.165, 1.54) is 0 Å². The van der Waals surface area contributed by atoms with Gasteiger partial charge in [0.05, 0.1) is 5.56 Å². The van der Waals surface area contributed by atoms with Gasteiger partial charge in [-0.2, -0.15) is 0 Å². The largest absolute Gasteiger partial charge is 0.341 e. The highest BCUT2D eigenvalue weighted by molar-refractivity contribution is 5.61. The van der Waals surface area contributed by atoms with E-state index in [-0.39, 0.29) is 11.5 Å². The van der Waals surface area contributed by atoms with E-state index in [1.54, 1.807) is 4.57 Å². The molecule has 24 heavy (non-hydrogen) atoms. The van der Waals surface area contributed by atoms with Crippen LogP contribution in [0.15, 0.2) is 39.9 Å². The van der Waals surface area contributed by atoms with Crippen LogP contribution in [0, 0.1) is 13.8 Å². The number of H-pyrrole nitrogens is 1. The average Bonchev–Trinajstić information content (AvgIpc) is 2.45. The Labute approximate surface area is 142 Å². The summed E-state index contributed by atoms with van der Waals surface area (Å²) in [5.41, 5.74) is 2.95. The summed E-state index contributed by atoms with van der Waals surface area (Å²) < 4.78 is 1.56. The summed E-state index contributed by atoms with van der Waals surface area (Å²) >= 11 is 0. The van der Waals surface area contributed by atoms with Gasteiger partial charge in [-0.15, -0.1) is 0 Å². The number of hydrogen-bond acceptors (Lipinski definition) is 3. The van der Waals surface area contributed by atoms with Gasteiger partial charge >= 0.3 is 5.69 Å². The van der Waals surface area contributed by atoms with Crippen LogP contribution in [-0.2, 0) is 6.54 Å². The van der Waals surface area contributed by atoms with Gasteiger partial charge in [-0.3, -0.25) is 14.3 Å². The van der Waals surface area contributed by atoms with Gasteiger partial charge in [-0.05, 0) is 49.9 Å². The number of allylic oxidation sites excluding steroid dienone is 2. The second-order valence-electron chi connectivity index (χ2n) is 6.36. The van der Waals surface area contributed by atoms with Crippen molar-refractivity contribution in [2.45, 2.75) is 47.1 Å². The summed E-state index contributed by atoms with van der Waals surface area (Å²) in [6.45, 7) is 10.2. The molecule has 0 aliphatic rings. The van der Waals surface area contributed by atoms with Gasteiger partial charge in [0.2, 0.25) is 0 Å². The van der Waals surface area contributed by atoms with Crippen molar-refractivity contribution in [2.24, 2.45) is 0 Å². The number of anilines is 2. The Hall–Kier alpha value is -2.56. The molecule has 0 fully saturated rings. The van der Waals surface area contributed by atoms with Crippen LogP contribution in [0.2, 0.25) is 0 Å². The standard InChI is InChI=1S/C19H25N3O2/c1-6-7-8-22-17(16(12(2)3)18(23)21-19(22)24)20-15-10-13(4)9-14(5)11-15/h6-7,9-12,20H,8H2,1-5H3,(H,21,23,24). The van der Waals surface area contributed by atoms with Gasteiger partial charge in [0, 0.05) is 12.2 Å². The van der Waals surface area contributed by atoms with Crippen molar-refractivity contribution < 1.29 is 0 Å². The molecule has 1 heterocycles. The number of aryl methyl sites for hydroxylation is 2. The van der Waals surface area contributed by atoms with Crippen LogP contribution >= 0.6 is 0 Å². The lowest BCUT2D eigenvalue weighted by Crippen LogP contribution is -2.34. The lowest BCUT2D eigenvalue weighted by atomic mass is 10.0. The third-order valence-electron chi connectivity index (χ3n) is 3.82. The topological polar surface area (TPSA) is 66.9 Å². The summed E-state index contributed by atoms with van der Waals surface area (Å²) in [6.07, 6.45) is 3.77. The third kappa shape index (κ3) is 3.85. The molecule has 0 amide bonds. The number of nitrogens with zero attached hydrogens (tertiary/aromatic N) is 1. The van der Waals surface area contributed by atoms with Crippen molar-refractivity contribution in [1.82, 2.24) is 9.55 Å². The zero-order chi connectivity index (χ0) is 17.9. The average molecular weight is 327 g/mol. The molecule has 128 valence electrons. The van der Waals surface area contributed by atoms with E-state index in [1.807, 2.05) is 58.9 Å². The lowest BCUT2D eigenvalue weighted by molar-refractivity contribution is 0.712. The minimum atomic E-state index is -0.408. The molecule has 0 bridgehead atoms. The first-order valence-electron chi connectivity index (χ1n) is 8.17. The van der Waals surface area contributed by atoms with E-state index in [4.69, 9.17) is 0 Å². The maximum Gasteiger partial charge on any atom is 0.330 e. The molecule has 5 nitrogen and oxygen atoms in total. The molecule has 2 aromatic rings. The van der Waals surface area contributed by atoms with Crippen LogP contribution < -0.4 is 16.6 Å². The fourth-order valence-corrected chi connectivity index (χ4v) is 2.83. The number of hydrogen-bond donors (Lipinski definition) is 2. The first-order valence-corrected chi connectivity index (χ1v) is 8.17. The Morgan fingerprint density at radius 3 is 2.33 bits per heavy atom. The van der Waals surface area contributed by atoms with Gasteiger partial charge in [-0.25, -0.2) is 4.79 Å². The van der Waals surface area contributed by atoms with Crippen molar-refractivity contribution in [2.75, 3.05) is 5.32 Å². The highest BCUT2D eigenvalue weighted by atomic mass is 16.2. The molecule has 0 aliphatic carbocycles.